The number of hydrogen-bond donors (Lipinski definition) is 0. The normalized spacial score (nSPS) is 12.9. The molecule has 130 valence electrons. The van der Waals surface area contributed by atoms with Gasteiger partial charge in [0.25, 0.3) is 0 Å². The smallest absolute Gasteiger partial charge is 0.178 e. The van der Waals surface area contributed by atoms with E-state index in [0.29, 0.717) is 6.67 Å². The first kappa shape index (κ1) is 15.6. The molecule has 0 bridgehead atoms. The zero-order valence-corrected chi connectivity index (χ0v) is 14.7. The molecule has 0 unspecified atom stereocenters. The molecule has 1 aliphatic rings. The van der Waals surface area contributed by atoms with Gasteiger partial charge in [-0.05, 0) is 35.4 Å². The molecule has 0 saturated carbocycles. The van der Waals surface area contributed by atoms with E-state index >= 15 is 0 Å². The van der Waals surface area contributed by atoms with Crippen molar-refractivity contribution in [2.45, 2.75) is 0 Å². The highest BCUT2D eigenvalue weighted by Crippen LogP contribution is 2.41. The summed E-state index contributed by atoms with van der Waals surface area (Å²) in [6.45, 7) is 0.682. The van der Waals surface area contributed by atoms with Crippen molar-refractivity contribution in [3.63, 3.8) is 0 Å². The minimum absolute atomic E-state index is 0.682. The van der Waals surface area contributed by atoms with E-state index in [2.05, 4.69) is 80.4 Å². The van der Waals surface area contributed by atoms with Gasteiger partial charge in [0.05, 0.1) is 0 Å². The molecule has 27 heavy (non-hydrogen) atoms. The second kappa shape index (κ2) is 6.57. The van der Waals surface area contributed by atoms with Gasteiger partial charge in [-0.3, -0.25) is 0 Å². The fraction of sp³-hybridized carbons (Fsp3) is 0.0435. The lowest BCUT2D eigenvalue weighted by Gasteiger charge is -2.21. The summed E-state index contributed by atoms with van der Waals surface area (Å²) in [5, 5.41) is 0. The van der Waals surface area contributed by atoms with Crippen LogP contribution in [0.25, 0.3) is 11.1 Å². The standard InChI is InChI=1S/C23H18N4/c1-3-8-18(9-4-1)19-10-7-13-21(16-19)27-17-26(20-11-5-2-6-12-20)22-23(27)25-15-14-24-22/h1-16H,17H2. The molecule has 0 aliphatic carbocycles. The third-order valence-electron chi connectivity index (χ3n) is 4.79. The van der Waals surface area contributed by atoms with E-state index in [1.807, 2.05) is 24.3 Å². The first-order valence-electron chi connectivity index (χ1n) is 8.97. The van der Waals surface area contributed by atoms with Crippen molar-refractivity contribution in [2.24, 2.45) is 0 Å². The quantitative estimate of drug-likeness (QED) is 0.496. The summed E-state index contributed by atoms with van der Waals surface area (Å²) in [5.41, 5.74) is 4.62. The predicted molar refractivity (Wildman–Crippen MR) is 109 cm³/mol. The minimum atomic E-state index is 0.682. The maximum atomic E-state index is 4.62. The third kappa shape index (κ3) is 2.81. The van der Waals surface area contributed by atoms with Crippen molar-refractivity contribution in [3.8, 4) is 11.1 Å². The summed E-state index contributed by atoms with van der Waals surface area (Å²) in [6, 6.07) is 29.3. The van der Waals surface area contributed by atoms with Crippen LogP contribution in [-0.4, -0.2) is 16.6 Å². The second-order valence-corrected chi connectivity index (χ2v) is 6.45. The number of benzene rings is 3. The number of anilines is 4. The highest BCUT2D eigenvalue weighted by Gasteiger charge is 2.30. The highest BCUT2D eigenvalue weighted by molar-refractivity contribution is 5.83. The molecule has 0 spiro atoms. The molecule has 4 nitrogen and oxygen atoms in total. The average molecular weight is 350 g/mol. The summed E-state index contributed by atoms with van der Waals surface area (Å²) >= 11 is 0. The zero-order chi connectivity index (χ0) is 18.1. The molecular formula is C23H18N4. The summed E-state index contributed by atoms with van der Waals surface area (Å²) in [7, 11) is 0. The molecule has 1 aromatic heterocycles. The summed E-state index contributed by atoms with van der Waals surface area (Å²) in [5.74, 6) is 1.76. The molecule has 4 aromatic rings. The van der Waals surface area contributed by atoms with E-state index in [1.54, 1.807) is 12.4 Å². The van der Waals surface area contributed by atoms with Gasteiger partial charge in [-0.25, -0.2) is 9.97 Å². The largest absolute Gasteiger partial charge is 0.305 e. The Hall–Kier alpha value is -3.66. The lowest BCUT2D eigenvalue weighted by Crippen LogP contribution is -2.24. The van der Waals surface area contributed by atoms with Crippen LogP contribution in [0.5, 0.6) is 0 Å². The number of fused-ring (bicyclic) bond motifs is 1. The Morgan fingerprint density at radius 1 is 0.556 bits per heavy atom. The molecule has 0 atom stereocenters. The van der Waals surface area contributed by atoms with Crippen LogP contribution < -0.4 is 9.80 Å². The first-order valence-corrected chi connectivity index (χ1v) is 8.97. The highest BCUT2D eigenvalue weighted by atomic mass is 15.4. The Morgan fingerprint density at radius 3 is 1.81 bits per heavy atom. The predicted octanol–water partition coefficient (Wildman–Crippen LogP) is 5.39. The Kier molecular flexibility index (Phi) is 3.79. The average Bonchev–Trinajstić information content (AvgIpc) is 3.15. The molecule has 0 N–H and O–H groups in total. The van der Waals surface area contributed by atoms with E-state index < -0.39 is 0 Å². The molecule has 0 radical (unpaired) electrons. The SMILES string of the molecule is c1ccc(-c2cccc(N3CN(c4ccccc4)c4nccnc43)c2)cc1. The lowest BCUT2D eigenvalue weighted by atomic mass is 10.1. The van der Waals surface area contributed by atoms with Gasteiger partial charge in [0.15, 0.2) is 11.6 Å². The molecule has 4 heteroatoms. The van der Waals surface area contributed by atoms with Gasteiger partial charge in [-0.2, -0.15) is 0 Å². The molecule has 5 rings (SSSR count). The zero-order valence-electron chi connectivity index (χ0n) is 14.7. The van der Waals surface area contributed by atoms with E-state index in [-0.39, 0.29) is 0 Å². The van der Waals surface area contributed by atoms with E-state index in [9.17, 15) is 0 Å². The van der Waals surface area contributed by atoms with Gasteiger partial charge in [-0.15, -0.1) is 0 Å². The van der Waals surface area contributed by atoms with Crippen LogP contribution in [-0.2, 0) is 0 Å². The van der Waals surface area contributed by atoms with Crippen molar-refractivity contribution >= 4 is 23.0 Å². The molecular weight excluding hydrogens is 332 g/mol. The van der Waals surface area contributed by atoms with Gasteiger partial charge in [0.2, 0.25) is 0 Å². The van der Waals surface area contributed by atoms with Crippen LogP contribution in [0.15, 0.2) is 97.3 Å². The number of nitrogens with zero attached hydrogens (tertiary/aromatic N) is 4. The molecule has 0 amide bonds. The Morgan fingerprint density at radius 2 is 1.11 bits per heavy atom. The Bertz CT molecular complexity index is 1060. The van der Waals surface area contributed by atoms with Crippen molar-refractivity contribution in [2.75, 3.05) is 16.5 Å². The summed E-state index contributed by atoms with van der Waals surface area (Å²) in [4.78, 5) is 13.6. The van der Waals surface area contributed by atoms with Gasteiger partial charge in [0.1, 0.15) is 6.67 Å². The number of rotatable bonds is 3. The molecule has 0 saturated heterocycles. The van der Waals surface area contributed by atoms with Crippen LogP contribution >= 0.6 is 0 Å². The van der Waals surface area contributed by atoms with Crippen molar-refractivity contribution in [1.29, 1.82) is 0 Å². The van der Waals surface area contributed by atoms with Crippen LogP contribution in [0.4, 0.5) is 23.0 Å². The van der Waals surface area contributed by atoms with Gasteiger partial charge in [-0.1, -0.05) is 60.7 Å². The third-order valence-corrected chi connectivity index (χ3v) is 4.79. The van der Waals surface area contributed by atoms with Crippen LogP contribution in [0.3, 0.4) is 0 Å². The number of hydrogen-bond acceptors (Lipinski definition) is 4. The minimum Gasteiger partial charge on any atom is -0.305 e. The maximum Gasteiger partial charge on any atom is 0.178 e. The van der Waals surface area contributed by atoms with Crippen LogP contribution in [0.1, 0.15) is 0 Å². The summed E-state index contributed by atoms with van der Waals surface area (Å²) in [6.07, 6.45) is 3.50. The van der Waals surface area contributed by atoms with Crippen molar-refractivity contribution in [3.05, 3.63) is 97.3 Å². The number of para-hydroxylation sites is 1. The molecule has 2 heterocycles. The topological polar surface area (TPSA) is 32.3 Å². The maximum absolute atomic E-state index is 4.62. The fourth-order valence-corrected chi connectivity index (χ4v) is 3.48. The Labute approximate surface area is 158 Å². The fourth-order valence-electron chi connectivity index (χ4n) is 3.48. The van der Waals surface area contributed by atoms with Crippen LogP contribution in [0.2, 0.25) is 0 Å². The van der Waals surface area contributed by atoms with Crippen molar-refractivity contribution in [1.82, 2.24) is 9.97 Å². The number of aromatic nitrogens is 2. The molecule has 1 aliphatic heterocycles. The first-order chi connectivity index (χ1) is 13.4. The van der Waals surface area contributed by atoms with E-state index in [4.69, 9.17) is 0 Å². The molecule has 3 aromatic carbocycles. The lowest BCUT2D eigenvalue weighted by molar-refractivity contribution is 0.976. The monoisotopic (exact) mass is 350 g/mol. The van der Waals surface area contributed by atoms with Gasteiger partial charge in [0, 0.05) is 23.8 Å². The van der Waals surface area contributed by atoms with E-state index in [0.717, 1.165) is 23.0 Å². The van der Waals surface area contributed by atoms with Gasteiger partial charge < -0.3 is 9.80 Å². The van der Waals surface area contributed by atoms with Gasteiger partial charge >= 0.3 is 0 Å². The van der Waals surface area contributed by atoms with Crippen molar-refractivity contribution < 1.29 is 0 Å². The van der Waals surface area contributed by atoms with E-state index in [1.165, 1.54) is 11.1 Å². The summed E-state index contributed by atoms with van der Waals surface area (Å²) < 4.78 is 0. The van der Waals surface area contributed by atoms with Crippen LogP contribution in [0, 0.1) is 0 Å². The molecule has 0 fully saturated rings. The second-order valence-electron chi connectivity index (χ2n) is 6.45. The Balaban J connectivity index is 1.57.